The first kappa shape index (κ1) is 18.5. The normalized spacial score (nSPS) is 22.2. The van der Waals surface area contributed by atoms with Gasteiger partial charge in [0, 0.05) is 26.1 Å². The van der Waals surface area contributed by atoms with Gasteiger partial charge in [-0.3, -0.25) is 14.5 Å². The van der Waals surface area contributed by atoms with E-state index in [9.17, 15) is 14.7 Å². The lowest BCUT2D eigenvalue weighted by Crippen LogP contribution is -2.56. The number of carboxylic acid groups (broad SMARTS) is 1. The van der Waals surface area contributed by atoms with E-state index in [2.05, 4.69) is 10.2 Å². The highest BCUT2D eigenvalue weighted by Crippen LogP contribution is 2.37. The van der Waals surface area contributed by atoms with Crippen molar-refractivity contribution in [1.29, 1.82) is 0 Å². The third-order valence-corrected chi connectivity index (χ3v) is 5.48. The fourth-order valence-corrected chi connectivity index (χ4v) is 3.95. The predicted octanol–water partition coefficient (Wildman–Crippen LogP) is 1.44. The highest BCUT2D eigenvalue weighted by molar-refractivity contribution is 5.88. The summed E-state index contributed by atoms with van der Waals surface area (Å²) in [6, 6.07) is 5.83. The molecule has 0 aliphatic carbocycles. The van der Waals surface area contributed by atoms with Crippen LogP contribution < -0.4 is 14.8 Å². The first-order valence-electron chi connectivity index (χ1n) is 8.97. The molecular formula is C19H26N2O5. The number of aliphatic carboxylic acids is 1. The number of carboxylic acids is 1. The van der Waals surface area contributed by atoms with Gasteiger partial charge < -0.3 is 19.9 Å². The Morgan fingerprint density at radius 2 is 2.08 bits per heavy atom. The van der Waals surface area contributed by atoms with Gasteiger partial charge in [0.15, 0.2) is 11.5 Å². The van der Waals surface area contributed by atoms with Crippen LogP contribution in [0, 0.1) is 12.8 Å². The number of hydrogen-bond acceptors (Lipinski definition) is 5. The van der Waals surface area contributed by atoms with Crippen LogP contribution in [0.1, 0.15) is 24.8 Å². The highest BCUT2D eigenvalue weighted by atomic mass is 16.5. The summed E-state index contributed by atoms with van der Waals surface area (Å²) in [6.07, 6.45) is 1.40. The summed E-state index contributed by atoms with van der Waals surface area (Å²) >= 11 is 0. The molecule has 2 aliphatic rings. The second-order valence-corrected chi connectivity index (χ2v) is 7.14. The van der Waals surface area contributed by atoms with Crippen molar-refractivity contribution in [1.82, 2.24) is 10.2 Å². The molecule has 3 rings (SSSR count). The Balaban J connectivity index is 1.50. The molecule has 26 heavy (non-hydrogen) atoms. The van der Waals surface area contributed by atoms with Crippen LogP contribution in [0.5, 0.6) is 11.5 Å². The Hall–Kier alpha value is -2.28. The van der Waals surface area contributed by atoms with Gasteiger partial charge in [0.25, 0.3) is 0 Å². The van der Waals surface area contributed by atoms with Crippen molar-refractivity contribution in [3.63, 3.8) is 0 Å². The molecule has 0 bridgehead atoms. The Morgan fingerprint density at radius 3 is 2.73 bits per heavy atom. The van der Waals surface area contributed by atoms with Crippen LogP contribution in [0.15, 0.2) is 18.2 Å². The summed E-state index contributed by atoms with van der Waals surface area (Å²) in [5.41, 5.74) is 0.530. The molecule has 0 saturated carbocycles. The molecule has 142 valence electrons. The standard InChI is InChI=1S/C19H26N2O5/c1-13-3-4-15(16(11-13)25-2)26-10-9-21-7-5-19(6-8-21)14(18(23)24)12-17(22)20-19/h3-4,11,14H,5-10,12H2,1-2H3,(H,20,22)(H,23,24). The van der Waals surface area contributed by atoms with Crippen LogP contribution in [0.4, 0.5) is 0 Å². The lowest BCUT2D eigenvalue weighted by Gasteiger charge is -2.41. The Morgan fingerprint density at radius 1 is 1.35 bits per heavy atom. The van der Waals surface area contributed by atoms with Crippen molar-refractivity contribution >= 4 is 11.9 Å². The van der Waals surface area contributed by atoms with E-state index in [-0.39, 0.29) is 12.3 Å². The number of likely N-dealkylation sites (tertiary alicyclic amines) is 1. The summed E-state index contributed by atoms with van der Waals surface area (Å²) in [7, 11) is 1.63. The van der Waals surface area contributed by atoms with Crippen LogP contribution in [0.3, 0.4) is 0 Å². The van der Waals surface area contributed by atoms with Gasteiger partial charge in [-0.25, -0.2) is 0 Å². The minimum Gasteiger partial charge on any atom is -0.493 e. The van der Waals surface area contributed by atoms with E-state index in [0.29, 0.717) is 19.4 Å². The number of carbonyl (C=O) groups is 2. The molecule has 2 saturated heterocycles. The number of hydrogen-bond donors (Lipinski definition) is 2. The van der Waals surface area contributed by atoms with E-state index in [4.69, 9.17) is 9.47 Å². The van der Waals surface area contributed by atoms with Crippen LogP contribution >= 0.6 is 0 Å². The number of methoxy groups -OCH3 is 1. The number of nitrogens with one attached hydrogen (secondary N) is 1. The SMILES string of the molecule is COc1cc(C)ccc1OCCN1CCC2(CC1)NC(=O)CC2C(=O)O. The number of rotatable bonds is 6. The zero-order valence-electron chi connectivity index (χ0n) is 15.3. The van der Waals surface area contributed by atoms with Gasteiger partial charge in [0.05, 0.1) is 18.6 Å². The number of piperidine rings is 1. The van der Waals surface area contributed by atoms with Crippen molar-refractivity contribution in [3.8, 4) is 11.5 Å². The lowest BCUT2D eigenvalue weighted by atomic mass is 9.78. The molecule has 1 unspecified atom stereocenters. The predicted molar refractivity (Wildman–Crippen MR) is 95.5 cm³/mol. The van der Waals surface area contributed by atoms with Gasteiger partial charge >= 0.3 is 5.97 Å². The topological polar surface area (TPSA) is 88.1 Å². The minimum absolute atomic E-state index is 0.0890. The molecule has 7 nitrogen and oxygen atoms in total. The molecule has 1 aromatic carbocycles. The number of benzene rings is 1. The van der Waals surface area contributed by atoms with Crippen molar-refractivity contribution in [2.24, 2.45) is 5.92 Å². The molecule has 2 aliphatic heterocycles. The van der Waals surface area contributed by atoms with Gasteiger partial charge in [-0.15, -0.1) is 0 Å². The maximum atomic E-state index is 11.7. The zero-order chi connectivity index (χ0) is 18.7. The fraction of sp³-hybridized carbons (Fsp3) is 0.579. The number of ether oxygens (including phenoxy) is 2. The van der Waals surface area contributed by atoms with Gasteiger partial charge in [-0.1, -0.05) is 6.07 Å². The Labute approximate surface area is 153 Å². The summed E-state index contributed by atoms with van der Waals surface area (Å²) in [5, 5.41) is 12.3. The molecule has 7 heteroatoms. The molecule has 2 N–H and O–H groups in total. The molecule has 1 spiro atoms. The second-order valence-electron chi connectivity index (χ2n) is 7.14. The van der Waals surface area contributed by atoms with Gasteiger partial charge in [0.2, 0.25) is 5.91 Å². The maximum absolute atomic E-state index is 11.7. The van der Waals surface area contributed by atoms with Crippen LogP contribution in [0.2, 0.25) is 0 Å². The van der Waals surface area contributed by atoms with Crippen molar-refractivity contribution in [2.45, 2.75) is 31.7 Å². The smallest absolute Gasteiger partial charge is 0.309 e. The Bertz CT molecular complexity index is 683. The Kier molecular flexibility index (Phi) is 5.36. The molecule has 0 aromatic heterocycles. The molecule has 1 aromatic rings. The second kappa shape index (κ2) is 7.53. The average Bonchev–Trinajstić information content (AvgIpc) is 2.94. The van der Waals surface area contributed by atoms with Gasteiger partial charge in [-0.2, -0.15) is 0 Å². The van der Waals surface area contributed by atoms with Gasteiger partial charge in [-0.05, 0) is 37.5 Å². The number of nitrogens with zero attached hydrogens (tertiary/aromatic N) is 1. The van der Waals surface area contributed by atoms with E-state index >= 15 is 0 Å². The van der Waals surface area contributed by atoms with Crippen molar-refractivity contribution < 1.29 is 24.2 Å². The minimum atomic E-state index is -0.883. The first-order chi connectivity index (χ1) is 12.4. The van der Waals surface area contributed by atoms with Crippen LogP contribution in [0.25, 0.3) is 0 Å². The average molecular weight is 362 g/mol. The quantitative estimate of drug-likeness (QED) is 0.796. The van der Waals surface area contributed by atoms with Crippen molar-refractivity contribution in [3.05, 3.63) is 23.8 Å². The van der Waals surface area contributed by atoms with Crippen LogP contribution in [-0.2, 0) is 9.59 Å². The third kappa shape index (κ3) is 3.77. The molecule has 1 amide bonds. The molecular weight excluding hydrogens is 336 g/mol. The van der Waals surface area contributed by atoms with E-state index < -0.39 is 17.4 Å². The number of aryl methyl sites for hydroxylation is 1. The summed E-state index contributed by atoms with van der Waals surface area (Å²) in [6.45, 7) is 4.78. The maximum Gasteiger partial charge on any atom is 0.309 e. The first-order valence-corrected chi connectivity index (χ1v) is 8.97. The summed E-state index contributed by atoms with van der Waals surface area (Å²) in [4.78, 5) is 25.4. The van der Waals surface area contributed by atoms with E-state index in [1.165, 1.54) is 0 Å². The number of carbonyl (C=O) groups excluding carboxylic acids is 1. The third-order valence-electron chi connectivity index (χ3n) is 5.48. The van der Waals surface area contributed by atoms with E-state index in [1.807, 2.05) is 25.1 Å². The van der Waals surface area contributed by atoms with E-state index in [0.717, 1.165) is 36.7 Å². The molecule has 2 heterocycles. The summed E-state index contributed by atoms with van der Waals surface area (Å²) in [5.74, 6) is -0.210. The van der Waals surface area contributed by atoms with E-state index in [1.54, 1.807) is 7.11 Å². The summed E-state index contributed by atoms with van der Waals surface area (Å²) < 4.78 is 11.2. The van der Waals surface area contributed by atoms with Crippen molar-refractivity contribution in [2.75, 3.05) is 33.4 Å². The molecule has 2 fully saturated rings. The highest BCUT2D eigenvalue weighted by Gasteiger charge is 2.51. The van der Waals surface area contributed by atoms with Crippen LogP contribution in [-0.4, -0.2) is 60.8 Å². The fourth-order valence-electron chi connectivity index (χ4n) is 3.95. The number of amides is 1. The molecule has 0 radical (unpaired) electrons. The zero-order valence-corrected chi connectivity index (χ0v) is 15.3. The monoisotopic (exact) mass is 362 g/mol. The lowest BCUT2D eigenvalue weighted by molar-refractivity contribution is -0.144. The molecule has 1 atom stereocenters. The van der Waals surface area contributed by atoms with Gasteiger partial charge in [0.1, 0.15) is 6.61 Å². The largest absolute Gasteiger partial charge is 0.493 e.